The Labute approximate surface area is 133 Å². The van der Waals surface area contributed by atoms with Crippen molar-refractivity contribution in [3.63, 3.8) is 0 Å². The third-order valence-corrected chi connectivity index (χ3v) is 4.44. The van der Waals surface area contributed by atoms with Crippen LogP contribution in [-0.2, 0) is 9.84 Å². The zero-order chi connectivity index (χ0) is 16.4. The molecule has 0 fully saturated rings. The van der Waals surface area contributed by atoms with Crippen LogP contribution in [0.3, 0.4) is 0 Å². The minimum atomic E-state index is -3.25. The number of aromatic nitrogens is 3. The molecule has 3 rings (SSSR count). The van der Waals surface area contributed by atoms with E-state index in [4.69, 9.17) is 5.26 Å². The highest BCUT2D eigenvalue weighted by Crippen LogP contribution is 2.25. The Kier molecular flexibility index (Phi) is 3.68. The van der Waals surface area contributed by atoms with Crippen molar-refractivity contribution in [1.29, 1.82) is 5.26 Å². The zero-order valence-electron chi connectivity index (χ0n) is 12.2. The van der Waals surface area contributed by atoms with Crippen LogP contribution in [0.1, 0.15) is 5.69 Å². The molecule has 0 N–H and O–H groups in total. The lowest BCUT2D eigenvalue weighted by Crippen LogP contribution is -2.00. The highest BCUT2D eigenvalue weighted by Gasteiger charge is 2.13. The Hall–Kier alpha value is -2.98. The van der Waals surface area contributed by atoms with E-state index in [0.29, 0.717) is 5.69 Å². The molecule has 0 aliphatic heterocycles. The maximum atomic E-state index is 11.6. The molecule has 7 heteroatoms. The van der Waals surface area contributed by atoms with E-state index in [9.17, 15) is 8.42 Å². The molecule has 0 atom stereocenters. The quantitative estimate of drug-likeness (QED) is 0.737. The lowest BCUT2D eigenvalue weighted by molar-refractivity contribution is 0.602. The van der Waals surface area contributed by atoms with Gasteiger partial charge in [-0.2, -0.15) is 10.4 Å². The van der Waals surface area contributed by atoms with Crippen LogP contribution < -0.4 is 0 Å². The molecule has 0 aliphatic carbocycles. The minimum Gasteiger partial charge on any atom is -0.265 e. The summed E-state index contributed by atoms with van der Waals surface area (Å²) in [5, 5.41) is 13.4. The number of rotatable bonds is 3. The number of hydrogen-bond donors (Lipinski definition) is 0. The normalized spacial score (nSPS) is 11.1. The summed E-state index contributed by atoms with van der Waals surface area (Å²) in [6.07, 6.45) is 4.44. The van der Waals surface area contributed by atoms with Gasteiger partial charge in [0.15, 0.2) is 15.5 Å². The van der Waals surface area contributed by atoms with Crippen LogP contribution in [0.2, 0.25) is 0 Å². The van der Waals surface area contributed by atoms with Gasteiger partial charge in [0.05, 0.1) is 16.3 Å². The second-order valence-corrected chi connectivity index (χ2v) is 6.96. The first kappa shape index (κ1) is 14.9. The molecule has 0 saturated heterocycles. The van der Waals surface area contributed by atoms with Crippen LogP contribution in [-0.4, -0.2) is 29.4 Å². The Balaban J connectivity index is 2.13. The molecule has 2 aromatic heterocycles. The maximum absolute atomic E-state index is 11.6. The van der Waals surface area contributed by atoms with Crippen molar-refractivity contribution < 1.29 is 8.42 Å². The topological polar surface area (TPSA) is 88.6 Å². The van der Waals surface area contributed by atoms with Crippen LogP contribution in [0.15, 0.2) is 59.8 Å². The first-order valence-electron chi connectivity index (χ1n) is 6.70. The third kappa shape index (κ3) is 2.98. The van der Waals surface area contributed by atoms with Crippen LogP contribution in [0.4, 0.5) is 0 Å². The highest BCUT2D eigenvalue weighted by molar-refractivity contribution is 7.90. The SMILES string of the molecule is CS(=O)(=O)c1ccc(-c2cc(C#N)nn2-c2ccncc2)cc1. The smallest absolute Gasteiger partial charge is 0.175 e. The van der Waals surface area contributed by atoms with Gasteiger partial charge in [-0.25, -0.2) is 13.1 Å². The van der Waals surface area contributed by atoms with E-state index in [1.54, 1.807) is 59.5 Å². The second-order valence-electron chi connectivity index (χ2n) is 4.94. The van der Waals surface area contributed by atoms with E-state index in [1.807, 2.05) is 6.07 Å². The number of pyridine rings is 1. The average molecular weight is 324 g/mol. The van der Waals surface area contributed by atoms with E-state index < -0.39 is 9.84 Å². The second kappa shape index (κ2) is 5.66. The van der Waals surface area contributed by atoms with E-state index in [-0.39, 0.29) is 10.6 Å². The molecule has 0 bridgehead atoms. The molecule has 0 aliphatic rings. The first-order valence-corrected chi connectivity index (χ1v) is 8.59. The van der Waals surface area contributed by atoms with Gasteiger partial charge < -0.3 is 0 Å². The third-order valence-electron chi connectivity index (χ3n) is 3.31. The molecule has 3 aromatic rings. The van der Waals surface area contributed by atoms with Crippen molar-refractivity contribution in [2.45, 2.75) is 4.90 Å². The first-order chi connectivity index (χ1) is 11.0. The molecular formula is C16H12N4O2S. The Morgan fingerprint density at radius 3 is 2.30 bits per heavy atom. The Bertz CT molecular complexity index is 985. The van der Waals surface area contributed by atoms with Gasteiger partial charge in [0, 0.05) is 30.3 Å². The van der Waals surface area contributed by atoms with E-state index in [2.05, 4.69) is 10.1 Å². The van der Waals surface area contributed by atoms with Crippen LogP contribution >= 0.6 is 0 Å². The molecular weight excluding hydrogens is 312 g/mol. The summed E-state index contributed by atoms with van der Waals surface area (Å²) >= 11 is 0. The standard InChI is InChI=1S/C16H12N4O2S/c1-23(21,22)15-4-2-12(3-5-15)16-10-13(11-17)19-20(16)14-6-8-18-9-7-14/h2-10H,1H3. The average Bonchev–Trinajstić information content (AvgIpc) is 2.99. The largest absolute Gasteiger partial charge is 0.265 e. The van der Waals surface area contributed by atoms with Crippen molar-refractivity contribution in [3.8, 4) is 23.0 Å². The van der Waals surface area contributed by atoms with Crippen molar-refractivity contribution in [1.82, 2.24) is 14.8 Å². The fourth-order valence-electron chi connectivity index (χ4n) is 2.20. The van der Waals surface area contributed by atoms with Crippen LogP contribution in [0.5, 0.6) is 0 Å². The van der Waals surface area contributed by atoms with E-state index in [1.165, 1.54) is 0 Å². The summed E-state index contributed by atoms with van der Waals surface area (Å²) in [6.45, 7) is 0. The predicted molar refractivity (Wildman–Crippen MR) is 84.6 cm³/mol. The summed E-state index contributed by atoms with van der Waals surface area (Å²) in [7, 11) is -3.25. The number of nitrogens with zero attached hydrogens (tertiary/aromatic N) is 4. The van der Waals surface area contributed by atoms with Crippen molar-refractivity contribution in [3.05, 3.63) is 60.6 Å². The van der Waals surface area contributed by atoms with Crippen molar-refractivity contribution in [2.75, 3.05) is 6.26 Å². The molecule has 0 saturated carbocycles. The monoisotopic (exact) mass is 324 g/mol. The van der Waals surface area contributed by atoms with Crippen molar-refractivity contribution in [2.24, 2.45) is 0 Å². The van der Waals surface area contributed by atoms with Gasteiger partial charge in [-0.3, -0.25) is 4.98 Å². The summed E-state index contributed by atoms with van der Waals surface area (Å²) in [5.41, 5.74) is 2.52. The van der Waals surface area contributed by atoms with Gasteiger partial charge in [-0.05, 0) is 24.3 Å². The number of nitriles is 1. The van der Waals surface area contributed by atoms with Gasteiger partial charge in [0.2, 0.25) is 0 Å². The number of benzene rings is 1. The zero-order valence-corrected chi connectivity index (χ0v) is 13.0. The molecule has 1 aromatic carbocycles. The molecule has 0 amide bonds. The summed E-state index contributed by atoms with van der Waals surface area (Å²) in [5.74, 6) is 0. The Morgan fingerprint density at radius 2 is 1.74 bits per heavy atom. The fraction of sp³-hybridized carbons (Fsp3) is 0.0625. The van der Waals surface area contributed by atoms with Gasteiger partial charge in [-0.1, -0.05) is 12.1 Å². The molecule has 0 spiro atoms. The minimum absolute atomic E-state index is 0.247. The summed E-state index contributed by atoms with van der Waals surface area (Å²) < 4.78 is 24.7. The van der Waals surface area contributed by atoms with Gasteiger partial charge in [0.1, 0.15) is 6.07 Å². The molecule has 0 radical (unpaired) electrons. The Morgan fingerprint density at radius 1 is 1.09 bits per heavy atom. The van der Waals surface area contributed by atoms with Gasteiger partial charge in [0.25, 0.3) is 0 Å². The predicted octanol–water partition coefficient (Wildman–Crippen LogP) is 2.21. The maximum Gasteiger partial charge on any atom is 0.175 e. The lowest BCUT2D eigenvalue weighted by atomic mass is 10.1. The molecule has 2 heterocycles. The van der Waals surface area contributed by atoms with Crippen LogP contribution in [0, 0.1) is 11.3 Å². The fourth-order valence-corrected chi connectivity index (χ4v) is 2.83. The highest BCUT2D eigenvalue weighted by atomic mass is 32.2. The van der Waals surface area contributed by atoms with Crippen LogP contribution in [0.25, 0.3) is 16.9 Å². The van der Waals surface area contributed by atoms with Gasteiger partial charge in [-0.15, -0.1) is 0 Å². The summed E-state index contributed by atoms with van der Waals surface area (Å²) in [6, 6.07) is 13.7. The lowest BCUT2D eigenvalue weighted by Gasteiger charge is -2.07. The molecule has 114 valence electrons. The summed E-state index contributed by atoms with van der Waals surface area (Å²) in [4.78, 5) is 4.21. The van der Waals surface area contributed by atoms with Crippen molar-refractivity contribution >= 4 is 9.84 Å². The van der Waals surface area contributed by atoms with Gasteiger partial charge >= 0.3 is 0 Å². The van der Waals surface area contributed by atoms with E-state index >= 15 is 0 Å². The molecule has 6 nitrogen and oxygen atoms in total. The molecule has 0 unspecified atom stereocenters. The van der Waals surface area contributed by atoms with E-state index in [0.717, 1.165) is 17.5 Å². The number of sulfone groups is 1. The molecule has 23 heavy (non-hydrogen) atoms. The number of hydrogen-bond acceptors (Lipinski definition) is 5.